The van der Waals surface area contributed by atoms with E-state index < -0.39 is 18.0 Å². The average molecular weight is 259 g/mol. The summed E-state index contributed by atoms with van der Waals surface area (Å²) in [4.78, 5) is 11.3. The molecule has 0 saturated carbocycles. The van der Waals surface area contributed by atoms with E-state index in [2.05, 4.69) is 4.74 Å². The van der Waals surface area contributed by atoms with Gasteiger partial charge in [-0.3, -0.25) is 9.36 Å². The van der Waals surface area contributed by atoms with Crippen LogP contribution >= 0.6 is 0 Å². The van der Waals surface area contributed by atoms with Gasteiger partial charge in [0.25, 0.3) is 0 Å². The van der Waals surface area contributed by atoms with Crippen molar-refractivity contribution in [1.82, 2.24) is 4.57 Å². The van der Waals surface area contributed by atoms with Gasteiger partial charge in [0, 0.05) is 24.4 Å². The molecule has 0 bridgehead atoms. The highest BCUT2D eigenvalue weighted by atomic mass is 19.4. The fourth-order valence-corrected chi connectivity index (χ4v) is 1.69. The summed E-state index contributed by atoms with van der Waals surface area (Å²) in [5, 5.41) is 9.95. The molecule has 0 fully saturated rings. The van der Waals surface area contributed by atoms with Crippen LogP contribution in [0.5, 0.6) is 11.6 Å². The minimum atomic E-state index is -4.80. The van der Waals surface area contributed by atoms with Crippen molar-refractivity contribution < 1.29 is 27.8 Å². The lowest BCUT2D eigenvalue weighted by molar-refractivity contribution is -0.274. The van der Waals surface area contributed by atoms with E-state index in [1.165, 1.54) is 19.1 Å². The first-order valence-corrected chi connectivity index (χ1v) is 4.89. The van der Waals surface area contributed by atoms with E-state index in [-0.39, 0.29) is 11.4 Å². The zero-order valence-corrected chi connectivity index (χ0v) is 9.15. The van der Waals surface area contributed by atoms with E-state index in [9.17, 15) is 23.1 Å². The number of benzene rings is 1. The second-order valence-corrected chi connectivity index (χ2v) is 3.63. The maximum absolute atomic E-state index is 12.1. The minimum absolute atomic E-state index is 0.154. The molecule has 7 heteroatoms. The molecule has 0 aliphatic rings. The van der Waals surface area contributed by atoms with Gasteiger partial charge in [-0.2, -0.15) is 0 Å². The topological polar surface area (TPSA) is 51.5 Å². The molecule has 96 valence electrons. The summed E-state index contributed by atoms with van der Waals surface area (Å²) in [6.07, 6.45) is -4.80. The third-order valence-corrected chi connectivity index (χ3v) is 2.30. The quantitative estimate of drug-likeness (QED) is 0.856. The van der Waals surface area contributed by atoms with E-state index in [1.807, 2.05) is 0 Å². The van der Waals surface area contributed by atoms with Gasteiger partial charge in [-0.25, -0.2) is 0 Å². The first kappa shape index (κ1) is 12.3. The van der Waals surface area contributed by atoms with Gasteiger partial charge in [0.05, 0.1) is 5.52 Å². The zero-order valence-electron chi connectivity index (χ0n) is 9.15. The molecule has 0 radical (unpaired) electrons. The number of aromatic nitrogens is 1. The van der Waals surface area contributed by atoms with Crippen molar-refractivity contribution in [3.63, 3.8) is 0 Å². The van der Waals surface area contributed by atoms with Crippen molar-refractivity contribution in [2.75, 3.05) is 0 Å². The summed E-state index contributed by atoms with van der Waals surface area (Å²) >= 11 is 0. The molecular formula is C11H8F3NO3. The van der Waals surface area contributed by atoms with E-state index in [1.54, 1.807) is 0 Å². The van der Waals surface area contributed by atoms with Crippen LogP contribution in [-0.4, -0.2) is 21.9 Å². The Labute approximate surface area is 99.2 Å². The van der Waals surface area contributed by atoms with Gasteiger partial charge >= 0.3 is 6.36 Å². The highest BCUT2D eigenvalue weighted by molar-refractivity contribution is 5.94. The number of halogens is 3. The average Bonchev–Trinajstić information content (AvgIpc) is 2.50. The number of ether oxygens (including phenoxy) is 1. The second-order valence-electron chi connectivity index (χ2n) is 3.63. The highest BCUT2D eigenvalue weighted by Crippen LogP contribution is 2.30. The molecule has 0 unspecified atom stereocenters. The summed E-state index contributed by atoms with van der Waals surface area (Å²) in [5.74, 6) is -1.29. The molecule has 0 aliphatic heterocycles. The Morgan fingerprint density at radius 2 is 2.00 bits per heavy atom. The third-order valence-electron chi connectivity index (χ3n) is 2.30. The number of fused-ring (bicyclic) bond motifs is 1. The lowest BCUT2D eigenvalue weighted by Gasteiger charge is -2.09. The van der Waals surface area contributed by atoms with Crippen LogP contribution in [0.4, 0.5) is 13.2 Å². The van der Waals surface area contributed by atoms with Crippen molar-refractivity contribution in [3.8, 4) is 11.6 Å². The maximum atomic E-state index is 12.1. The number of alkyl halides is 3. The molecule has 1 aromatic heterocycles. The van der Waals surface area contributed by atoms with Gasteiger partial charge in [0.2, 0.25) is 5.91 Å². The monoisotopic (exact) mass is 259 g/mol. The maximum Gasteiger partial charge on any atom is 0.573 e. The number of rotatable bonds is 1. The summed E-state index contributed by atoms with van der Waals surface area (Å²) < 4.78 is 40.8. The molecule has 1 heterocycles. The van der Waals surface area contributed by atoms with Gasteiger partial charge in [0.15, 0.2) is 5.88 Å². The second kappa shape index (κ2) is 3.94. The molecule has 0 saturated heterocycles. The van der Waals surface area contributed by atoms with Crippen LogP contribution in [-0.2, 0) is 0 Å². The first-order chi connectivity index (χ1) is 8.28. The number of nitrogens with zero attached hydrogens (tertiary/aromatic N) is 1. The van der Waals surface area contributed by atoms with Crippen LogP contribution in [0.1, 0.15) is 11.7 Å². The normalized spacial score (nSPS) is 11.8. The van der Waals surface area contributed by atoms with Gasteiger partial charge in [-0.05, 0) is 12.1 Å². The van der Waals surface area contributed by atoms with Gasteiger partial charge in [-0.15, -0.1) is 13.2 Å². The summed E-state index contributed by atoms with van der Waals surface area (Å²) in [6, 6.07) is 4.77. The first-order valence-electron chi connectivity index (χ1n) is 4.89. The molecule has 4 nitrogen and oxygen atoms in total. The van der Waals surface area contributed by atoms with Crippen LogP contribution < -0.4 is 4.74 Å². The molecule has 2 rings (SSSR count). The van der Waals surface area contributed by atoms with E-state index >= 15 is 0 Å². The number of carbonyl (C=O) groups excluding carboxylic acids is 1. The SMILES string of the molecule is CC(=O)n1c(O)cc2ccc(OC(F)(F)F)cc21. The number of hydrogen-bond acceptors (Lipinski definition) is 3. The zero-order chi connectivity index (χ0) is 13.5. The fourth-order valence-electron chi connectivity index (χ4n) is 1.69. The number of aromatic hydroxyl groups is 1. The minimum Gasteiger partial charge on any atom is -0.494 e. The Balaban J connectivity index is 2.56. The number of carbonyl (C=O) groups is 1. The standard InChI is InChI=1S/C11H8F3NO3/c1-6(16)15-9-5-8(18-11(12,13)14)3-2-7(9)4-10(15)17/h2-5,17H,1H3. The summed E-state index contributed by atoms with van der Waals surface area (Å²) in [7, 11) is 0. The predicted molar refractivity (Wildman–Crippen MR) is 56.6 cm³/mol. The number of hydrogen-bond donors (Lipinski definition) is 1. The van der Waals surface area contributed by atoms with Gasteiger partial charge in [-0.1, -0.05) is 0 Å². The Hall–Kier alpha value is -2.18. The third kappa shape index (κ3) is 2.24. The van der Waals surface area contributed by atoms with Gasteiger partial charge < -0.3 is 9.84 Å². The van der Waals surface area contributed by atoms with Crippen LogP contribution in [0.2, 0.25) is 0 Å². The lowest BCUT2D eigenvalue weighted by Crippen LogP contribution is -2.17. The molecule has 2 aromatic rings. The summed E-state index contributed by atoms with van der Waals surface area (Å²) in [5.41, 5.74) is 0.154. The van der Waals surface area contributed by atoms with Crippen molar-refractivity contribution in [1.29, 1.82) is 0 Å². The van der Waals surface area contributed by atoms with Crippen molar-refractivity contribution >= 4 is 16.8 Å². The predicted octanol–water partition coefficient (Wildman–Crippen LogP) is 2.91. The lowest BCUT2D eigenvalue weighted by atomic mass is 10.2. The molecular weight excluding hydrogens is 251 g/mol. The van der Waals surface area contributed by atoms with Crippen molar-refractivity contribution in [2.24, 2.45) is 0 Å². The van der Waals surface area contributed by atoms with E-state index in [0.29, 0.717) is 5.39 Å². The molecule has 0 spiro atoms. The van der Waals surface area contributed by atoms with E-state index in [0.717, 1.165) is 16.7 Å². The molecule has 1 N–H and O–H groups in total. The van der Waals surface area contributed by atoms with Crippen LogP contribution in [0.15, 0.2) is 24.3 Å². The summed E-state index contributed by atoms with van der Waals surface area (Å²) in [6.45, 7) is 1.19. The van der Waals surface area contributed by atoms with E-state index in [4.69, 9.17) is 0 Å². The Kier molecular flexibility index (Phi) is 2.68. The van der Waals surface area contributed by atoms with Crippen LogP contribution in [0.3, 0.4) is 0 Å². The van der Waals surface area contributed by atoms with Crippen LogP contribution in [0.25, 0.3) is 10.9 Å². The smallest absolute Gasteiger partial charge is 0.494 e. The molecule has 1 aromatic carbocycles. The van der Waals surface area contributed by atoms with Gasteiger partial charge in [0.1, 0.15) is 5.75 Å². The van der Waals surface area contributed by atoms with Crippen molar-refractivity contribution in [3.05, 3.63) is 24.3 Å². The van der Waals surface area contributed by atoms with Crippen LogP contribution in [0, 0.1) is 0 Å². The fraction of sp³-hybridized carbons (Fsp3) is 0.182. The molecule has 18 heavy (non-hydrogen) atoms. The Morgan fingerprint density at radius 1 is 1.33 bits per heavy atom. The highest BCUT2D eigenvalue weighted by Gasteiger charge is 2.31. The Morgan fingerprint density at radius 3 is 2.56 bits per heavy atom. The molecule has 0 amide bonds. The Bertz CT molecular complexity index is 616. The van der Waals surface area contributed by atoms with Crippen molar-refractivity contribution in [2.45, 2.75) is 13.3 Å². The molecule has 0 atom stereocenters. The largest absolute Gasteiger partial charge is 0.573 e. The molecule has 0 aliphatic carbocycles.